The molecule has 2 rings (SSSR count). The third-order valence-electron chi connectivity index (χ3n) is 4.40. The largest absolute Gasteiger partial charge is 0.326 e. The molecule has 112 valence electrons. The van der Waals surface area contributed by atoms with E-state index in [1.807, 2.05) is 19.9 Å². The fourth-order valence-corrected chi connectivity index (χ4v) is 4.33. The van der Waals surface area contributed by atoms with Crippen LogP contribution in [-0.4, -0.2) is 31.9 Å². The molecule has 2 atom stereocenters. The Hall–Kier alpha value is -0.910. The van der Waals surface area contributed by atoms with Crippen LogP contribution in [0.4, 0.5) is 0 Å². The molecule has 0 radical (unpaired) electrons. The number of sulfonamides is 1. The summed E-state index contributed by atoms with van der Waals surface area (Å²) < 4.78 is 26.9. The predicted molar refractivity (Wildman–Crippen MR) is 81.1 cm³/mol. The molecule has 2 unspecified atom stereocenters. The fourth-order valence-electron chi connectivity index (χ4n) is 2.81. The lowest BCUT2D eigenvalue weighted by molar-refractivity contribution is 0.252. The van der Waals surface area contributed by atoms with E-state index in [4.69, 9.17) is 5.73 Å². The molecule has 1 aromatic rings. The predicted octanol–water partition coefficient (Wildman–Crippen LogP) is 2.19. The monoisotopic (exact) mass is 296 g/mol. The molecule has 4 nitrogen and oxygen atoms in total. The minimum atomic E-state index is -3.46. The van der Waals surface area contributed by atoms with Gasteiger partial charge in [0.1, 0.15) is 0 Å². The number of rotatable bonds is 3. The number of hydrogen-bond donors (Lipinski definition) is 1. The van der Waals surface area contributed by atoms with Crippen molar-refractivity contribution < 1.29 is 8.42 Å². The Bertz CT molecular complexity index is 584. The second-order valence-electron chi connectivity index (χ2n) is 5.78. The Labute approximate surface area is 122 Å². The molecule has 1 aliphatic rings. The van der Waals surface area contributed by atoms with Crippen LogP contribution in [0.3, 0.4) is 0 Å². The quantitative estimate of drug-likeness (QED) is 0.930. The van der Waals surface area contributed by atoms with Gasteiger partial charge in [-0.2, -0.15) is 4.31 Å². The first kappa shape index (κ1) is 15.5. The molecule has 1 fully saturated rings. The van der Waals surface area contributed by atoms with Crippen molar-refractivity contribution in [1.29, 1.82) is 0 Å². The highest BCUT2D eigenvalue weighted by Crippen LogP contribution is 2.26. The molecule has 0 amide bonds. The zero-order chi connectivity index (χ0) is 14.9. The average Bonchev–Trinajstić information content (AvgIpc) is 2.41. The molecule has 0 bridgehead atoms. The Morgan fingerprint density at radius 3 is 2.40 bits per heavy atom. The highest BCUT2D eigenvalue weighted by molar-refractivity contribution is 7.89. The standard InChI is InChI=1S/C15H24N2O2S/c1-11-8-9-13(10-12(11)2)20(18,19)17(3)15-7-5-4-6-14(15)16/h8-10,14-15H,4-7,16H2,1-3H3. The molecule has 0 aromatic heterocycles. The van der Waals surface area contributed by atoms with Crippen molar-refractivity contribution in [2.45, 2.75) is 56.5 Å². The maximum absolute atomic E-state index is 12.7. The van der Waals surface area contributed by atoms with Crippen LogP contribution in [0.1, 0.15) is 36.8 Å². The highest BCUT2D eigenvalue weighted by atomic mass is 32.2. The van der Waals surface area contributed by atoms with Gasteiger partial charge in [0.2, 0.25) is 10.0 Å². The summed E-state index contributed by atoms with van der Waals surface area (Å²) in [6, 6.07) is 5.14. The van der Waals surface area contributed by atoms with Crippen molar-refractivity contribution in [3.8, 4) is 0 Å². The molecule has 0 spiro atoms. The van der Waals surface area contributed by atoms with Crippen molar-refractivity contribution in [2.24, 2.45) is 5.73 Å². The van der Waals surface area contributed by atoms with Crippen molar-refractivity contribution in [3.63, 3.8) is 0 Å². The van der Waals surface area contributed by atoms with Crippen molar-refractivity contribution >= 4 is 10.0 Å². The molecule has 0 aliphatic heterocycles. The molecule has 0 saturated heterocycles. The van der Waals surface area contributed by atoms with Gasteiger partial charge in [-0.1, -0.05) is 18.9 Å². The second-order valence-corrected chi connectivity index (χ2v) is 7.78. The van der Waals surface area contributed by atoms with Gasteiger partial charge in [0, 0.05) is 19.1 Å². The third kappa shape index (κ3) is 2.90. The first-order chi connectivity index (χ1) is 9.34. The van der Waals surface area contributed by atoms with Gasteiger partial charge < -0.3 is 5.73 Å². The SMILES string of the molecule is Cc1ccc(S(=O)(=O)N(C)C2CCCCC2N)cc1C. The Morgan fingerprint density at radius 2 is 1.80 bits per heavy atom. The maximum Gasteiger partial charge on any atom is 0.243 e. The van der Waals surface area contributed by atoms with Crippen molar-refractivity contribution in [1.82, 2.24) is 4.31 Å². The Morgan fingerprint density at radius 1 is 1.15 bits per heavy atom. The Balaban J connectivity index is 2.31. The van der Waals surface area contributed by atoms with Crippen LogP contribution in [0, 0.1) is 13.8 Å². The van der Waals surface area contributed by atoms with Gasteiger partial charge >= 0.3 is 0 Å². The number of likely N-dealkylation sites (N-methyl/N-ethyl adjacent to an activating group) is 1. The molecule has 1 saturated carbocycles. The summed E-state index contributed by atoms with van der Waals surface area (Å²) in [6.07, 6.45) is 3.89. The van der Waals surface area contributed by atoms with Crippen LogP contribution in [0.5, 0.6) is 0 Å². The minimum Gasteiger partial charge on any atom is -0.326 e. The van der Waals surface area contributed by atoms with E-state index < -0.39 is 10.0 Å². The number of aryl methyl sites for hydroxylation is 2. The molecular formula is C15H24N2O2S. The summed E-state index contributed by atoms with van der Waals surface area (Å²) in [6.45, 7) is 3.91. The summed E-state index contributed by atoms with van der Waals surface area (Å²) in [7, 11) is -1.80. The van der Waals surface area contributed by atoms with E-state index in [9.17, 15) is 8.42 Å². The highest BCUT2D eigenvalue weighted by Gasteiger charge is 2.33. The smallest absolute Gasteiger partial charge is 0.243 e. The minimum absolute atomic E-state index is 0.0601. The van der Waals surface area contributed by atoms with Crippen LogP contribution in [-0.2, 0) is 10.0 Å². The van der Waals surface area contributed by atoms with Crippen LogP contribution in [0.25, 0.3) is 0 Å². The van der Waals surface area contributed by atoms with E-state index in [-0.39, 0.29) is 12.1 Å². The lowest BCUT2D eigenvalue weighted by Gasteiger charge is -2.35. The Kier molecular flexibility index (Phi) is 4.52. The van der Waals surface area contributed by atoms with Crippen LogP contribution in [0.15, 0.2) is 23.1 Å². The summed E-state index contributed by atoms with van der Waals surface area (Å²) in [4.78, 5) is 0.362. The molecule has 0 heterocycles. The lowest BCUT2D eigenvalue weighted by Crippen LogP contribution is -2.50. The van der Waals surface area contributed by atoms with E-state index in [0.29, 0.717) is 4.90 Å². The van der Waals surface area contributed by atoms with Crippen molar-refractivity contribution in [2.75, 3.05) is 7.05 Å². The second kappa shape index (κ2) is 5.84. The maximum atomic E-state index is 12.7. The number of benzene rings is 1. The van der Waals surface area contributed by atoms with Crippen molar-refractivity contribution in [3.05, 3.63) is 29.3 Å². The van der Waals surface area contributed by atoms with Gasteiger partial charge in [0.05, 0.1) is 4.90 Å². The summed E-state index contributed by atoms with van der Waals surface area (Å²) in [5, 5.41) is 0. The number of nitrogens with two attached hydrogens (primary N) is 1. The van der Waals surface area contributed by atoms with Gasteiger partial charge in [-0.25, -0.2) is 8.42 Å². The normalized spacial score (nSPS) is 24.1. The molecular weight excluding hydrogens is 272 g/mol. The summed E-state index contributed by atoms with van der Waals surface area (Å²) in [5.41, 5.74) is 8.19. The molecule has 5 heteroatoms. The fraction of sp³-hybridized carbons (Fsp3) is 0.600. The summed E-state index contributed by atoms with van der Waals surface area (Å²) >= 11 is 0. The van der Waals surface area contributed by atoms with Gasteiger partial charge in [-0.15, -0.1) is 0 Å². The van der Waals surface area contributed by atoms with Gasteiger partial charge in [-0.05, 0) is 49.9 Å². The van der Waals surface area contributed by atoms with Crippen LogP contribution < -0.4 is 5.73 Å². The van der Waals surface area contributed by atoms with E-state index in [0.717, 1.165) is 36.8 Å². The van der Waals surface area contributed by atoms with E-state index in [2.05, 4.69) is 0 Å². The average molecular weight is 296 g/mol. The van der Waals surface area contributed by atoms with Gasteiger partial charge in [0.25, 0.3) is 0 Å². The molecule has 2 N–H and O–H groups in total. The summed E-state index contributed by atoms with van der Waals surface area (Å²) in [5.74, 6) is 0. The van der Waals surface area contributed by atoms with E-state index in [1.54, 1.807) is 19.2 Å². The van der Waals surface area contributed by atoms with Gasteiger partial charge in [-0.3, -0.25) is 0 Å². The van der Waals surface area contributed by atoms with E-state index >= 15 is 0 Å². The zero-order valence-electron chi connectivity index (χ0n) is 12.5. The molecule has 20 heavy (non-hydrogen) atoms. The van der Waals surface area contributed by atoms with E-state index in [1.165, 1.54) is 4.31 Å². The number of hydrogen-bond acceptors (Lipinski definition) is 3. The zero-order valence-corrected chi connectivity index (χ0v) is 13.3. The molecule has 1 aromatic carbocycles. The lowest BCUT2D eigenvalue weighted by atomic mass is 9.91. The topological polar surface area (TPSA) is 63.4 Å². The van der Waals surface area contributed by atoms with Gasteiger partial charge in [0.15, 0.2) is 0 Å². The first-order valence-corrected chi connectivity index (χ1v) is 8.59. The van der Waals surface area contributed by atoms with Crippen LogP contribution in [0.2, 0.25) is 0 Å². The van der Waals surface area contributed by atoms with Crippen LogP contribution >= 0.6 is 0 Å². The first-order valence-electron chi connectivity index (χ1n) is 7.15. The molecule has 1 aliphatic carbocycles. The third-order valence-corrected chi connectivity index (χ3v) is 6.28. The number of nitrogens with zero attached hydrogens (tertiary/aromatic N) is 1.